The van der Waals surface area contributed by atoms with Crippen LogP contribution in [-0.4, -0.2) is 16.9 Å². The molecule has 1 N–H and O–H groups in total. The van der Waals surface area contributed by atoms with Gasteiger partial charge in [-0.1, -0.05) is 56.0 Å². The third-order valence-corrected chi connectivity index (χ3v) is 4.01. The Labute approximate surface area is 124 Å². The number of hydrogen-bond acceptors (Lipinski definition) is 3. The fourth-order valence-corrected chi connectivity index (χ4v) is 2.88. The molecule has 0 unspecified atom stereocenters. The lowest BCUT2D eigenvalue weighted by molar-refractivity contribution is 0.0906. The van der Waals surface area contributed by atoms with Crippen LogP contribution in [0.5, 0.6) is 0 Å². The van der Waals surface area contributed by atoms with Gasteiger partial charge in [0.15, 0.2) is 6.39 Å². The van der Waals surface area contributed by atoms with E-state index in [2.05, 4.69) is 10.3 Å². The second kappa shape index (κ2) is 6.57. The first-order valence-corrected chi connectivity index (χ1v) is 7.64. The van der Waals surface area contributed by atoms with Gasteiger partial charge in [-0.25, -0.2) is 4.98 Å². The highest BCUT2D eigenvalue weighted by molar-refractivity contribution is 5.97. The number of oxazole rings is 1. The molecule has 0 atom stereocenters. The van der Waals surface area contributed by atoms with Gasteiger partial charge in [-0.2, -0.15) is 0 Å². The van der Waals surface area contributed by atoms with Gasteiger partial charge in [0.2, 0.25) is 5.76 Å². The monoisotopic (exact) mass is 284 g/mol. The Bertz CT molecular complexity index is 584. The minimum Gasteiger partial charge on any atom is -0.438 e. The third-order valence-electron chi connectivity index (χ3n) is 4.01. The molecular weight excluding hydrogens is 264 g/mol. The summed E-state index contributed by atoms with van der Waals surface area (Å²) >= 11 is 0. The van der Waals surface area contributed by atoms with Crippen molar-refractivity contribution in [3.63, 3.8) is 0 Å². The summed E-state index contributed by atoms with van der Waals surface area (Å²) in [5, 5.41) is 3.10. The summed E-state index contributed by atoms with van der Waals surface area (Å²) < 4.78 is 5.33. The van der Waals surface area contributed by atoms with Crippen molar-refractivity contribution in [2.24, 2.45) is 0 Å². The number of aromatic nitrogens is 1. The molecule has 3 rings (SSSR count). The molecule has 1 aromatic heterocycles. The SMILES string of the molecule is O=C(NC1CCCCCC1)c1ocnc1-c1ccccc1. The molecule has 0 saturated heterocycles. The third kappa shape index (κ3) is 3.32. The van der Waals surface area contributed by atoms with Crippen LogP contribution in [0.3, 0.4) is 0 Å². The van der Waals surface area contributed by atoms with Crippen LogP contribution in [0.1, 0.15) is 49.1 Å². The van der Waals surface area contributed by atoms with Gasteiger partial charge in [-0.05, 0) is 12.8 Å². The topological polar surface area (TPSA) is 55.1 Å². The molecular formula is C17H20N2O2. The summed E-state index contributed by atoms with van der Waals surface area (Å²) in [6.07, 6.45) is 8.36. The molecule has 0 bridgehead atoms. The predicted molar refractivity (Wildman–Crippen MR) is 80.9 cm³/mol. The molecule has 2 aromatic rings. The molecule has 21 heavy (non-hydrogen) atoms. The Morgan fingerprint density at radius 2 is 1.81 bits per heavy atom. The normalized spacial score (nSPS) is 16.4. The van der Waals surface area contributed by atoms with Crippen LogP contribution >= 0.6 is 0 Å². The number of carbonyl (C=O) groups excluding carboxylic acids is 1. The molecule has 4 heteroatoms. The molecule has 1 heterocycles. The molecule has 0 spiro atoms. The number of nitrogens with zero attached hydrogens (tertiary/aromatic N) is 1. The largest absolute Gasteiger partial charge is 0.438 e. The average Bonchev–Trinajstić information content (AvgIpc) is 2.87. The molecule has 110 valence electrons. The Hall–Kier alpha value is -2.10. The smallest absolute Gasteiger partial charge is 0.289 e. The minimum absolute atomic E-state index is 0.154. The van der Waals surface area contributed by atoms with E-state index < -0.39 is 0 Å². The summed E-state index contributed by atoms with van der Waals surface area (Å²) in [6, 6.07) is 9.91. The van der Waals surface area contributed by atoms with Gasteiger partial charge in [-0.15, -0.1) is 0 Å². The highest BCUT2D eigenvalue weighted by Gasteiger charge is 2.21. The van der Waals surface area contributed by atoms with E-state index in [-0.39, 0.29) is 11.9 Å². The van der Waals surface area contributed by atoms with Crippen LogP contribution in [0.25, 0.3) is 11.3 Å². The maximum atomic E-state index is 12.4. The van der Waals surface area contributed by atoms with Crippen molar-refractivity contribution >= 4 is 5.91 Å². The summed E-state index contributed by atoms with van der Waals surface area (Å²) in [5.74, 6) is 0.156. The summed E-state index contributed by atoms with van der Waals surface area (Å²) in [5.41, 5.74) is 1.51. The first kappa shape index (κ1) is 13.9. The van der Waals surface area contributed by atoms with Crippen LogP contribution < -0.4 is 5.32 Å². The molecule has 0 radical (unpaired) electrons. The van der Waals surface area contributed by atoms with Gasteiger partial charge in [0.05, 0.1) is 0 Å². The zero-order valence-corrected chi connectivity index (χ0v) is 12.0. The second-order valence-corrected chi connectivity index (χ2v) is 5.56. The number of rotatable bonds is 3. The Morgan fingerprint density at radius 3 is 2.52 bits per heavy atom. The van der Waals surface area contributed by atoms with Crippen LogP contribution in [0.4, 0.5) is 0 Å². The van der Waals surface area contributed by atoms with E-state index in [9.17, 15) is 4.79 Å². The van der Waals surface area contributed by atoms with Crippen molar-refractivity contribution in [1.29, 1.82) is 0 Å². The molecule has 1 amide bonds. The van der Waals surface area contributed by atoms with Crippen LogP contribution in [-0.2, 0) is 0 Å². The lowest BCUT2D eigenvalue weighted by Gasteiger charge is -2.15. The zero-order valence-electron chi connectivity index (χ0n) is 12.0. The number of nitrogens with one attached hydrogen (secondary N) is 1. The molecule has 1 saturated carbocycles. The Balaban J connectivity index is 1.75. The van der Waals surface area contributed by atoms with E-state index in [1.54, 1.807) is 0 Å². The van der Waals surface area contributed by atoms with Gasteiger partial charge in [-0.3, -0.25) is 4.79 Å². The van der Waals surface area contributed by atoms with E-state index in [0.717, 1.165) is 18.4 Å². The molecule has 0 aliphatic heterocycles. The van der Waals surface area contributed by atoms with Crippen molar-refractivity contribution in [1.82, 2.24) is 10.3 Å². The number of amides is 1. The second-order valence-electron chi connectivity index (χ2n) is 5.56. The van der Waals surface area contributed by atoms with Crippen molar-refractivity contribution < 1.29 is 9.21 Å². The molecule has 1 aliphatic carbocycles. The fraction of sp³-hybridized carbons (Fsp3) is 0.412. The molecule has 4 nitrogen and oxygen atoms in total. The first-order chi connectivity index (χ1) is 10.3. The summed E-state index contributed by atoms with van der Waals surface area (Å²) in [7, 11) is 0. The number of hydrogen-bond donors (Lipinski definition) is 1. The highest BCUT2D eigenvalue weighted by atomic mass is 16.3. The Kier molecular flexibility index (Phi) is 4.34. The Morgan fingerprint density at radius 1 is 1.10 bits per heavy atom. The number of carbonyl (C=O) groups is 1. The maximum absolute atomic E-state index is 12.4. The van der Waals surface area contributed by atoms with E-state index in [1.165, 1.54) is 32.1 Å². The van der Waals surface area contributed by atoms with Crippen molar-refractivity contribution in [2.45, 2.75) is 44.6 Å². The van der Waals surface area contributed by atoms with Crippen LogP contribution in [0.15, 0.2) is 41.1 Å². The van der Waals surface area contributed by atoms with Crippen molar-refractivity contribution in [3.8, 4) is 11.3 Å². The van der Waals surface area contributed by atoms with Gasteiger partial charge in [0.25, 0.3) is 5.91 Å². The van der Waals surface area contributed by atoms with E-state index >= 15 is 0 Å². The van der Waals surface area contributed by atoms with Crippen LogP contribution in [0.2, 0.25) is 0 Å². The zero-order chi connectivity index (χ0) is 14.5. The van der Waals surface area contributed by atoms with E-state index in [4.69, 9.17) is 4.42 Å². The first-order valence-electron chi connectivity index (χ1n) is 7.64. The van der Waals surface area contributed by atoms with Crippen molar-refractivity contribution in [2.75, 3.05) is 0 Å². The predicted octanol–water partition coefficient (Wildman–Crippen LogP) is 3.79. The van der Waals surface area contributed by atoms with Crippen molar-refractivity contribution in [3.05, 3.63) is 42.5 Å². The lowest BCUT2D eigenvalue weighted by atomic mass is 10.1. The van der Waals surface area contributed by atoms with E-state index in [1.807, 2.05) is 30.3 Å². The number of benzene rings is 1. The lowest BCUT2D eigenvalue weighted by Crippen LogP contribution is -2.34. The molecule has 1 aromatic carbocycles. The van der Waals surface area contributed by atoms with E-state index in [0.29, 0.717) is 11.5 Å². The summed E-state index contributed by atoms with van der Waals surface area (Å²) in [4.78, 5) is 16.6. The van der Waals surface area contributed by atoms with Crippen LogP contribution in [0, 0.1) is 0 Å². The van der Waals surface area contributed by atoms with Gasteiger partial charge < -0.3 is 9.73 Å². The van der Waals surface area contributed by atoms with Gasteiger partial charge >= 0.3 is 0 Å². The molecule has 1 fully saturated rings. The van der Waals surface area contributed by atoms with Gasteiger partial charge in [0, 0.05) is 11.6 Å². The summed E-state index contributed by atoms with van der Waals surface area (Å²) in [6.45, 7) is 0. The average molecular weight is 284 g/mol. The standard InChI is InChI=1S/C17H20N2O2/c20-17(19-14-10-6-1-2-7-11-14)16-15(18-12-21-16)13-8-4-3-5-9-13/h3-5,8-9,12,14H,1-2,6-7,10-11H2,(H,19,20). The minimum atomic E-state index is -0.154. The maximum Gasteiger partial charge on any atom is 0.289 e. The quantitative estimate of drug-likeness (QED) is 0.872. The highest BCUT2D eigenvalue weighted by Crippen LogP contribution is 2.23. The molecule has 1 aliphatic rings. The fourth-order valence-electron chi connectivity index (χ4n) is 2.88. The van der Waals surface area contributed by atoms with Gasteiger partial charge in [0.1, 0.15) is 5.69 Å².